The molecule has 0 aromatic heterocycles. The summed E-state index contributed by atoms with van der Waals surface area (Å²) >= 11 is 0. The first-order valence-corrected chi connectivity index (χ1v) is 6.26. The highest BCUT2D eigenvalue weighted by molar-refractivity contribution is 5.40. The highest BCUT2D eigenvalue weighted by Crippen LogP contribution is 2.30. The Balaban J connectivity index is 2.14. The van der Waals surface area contributed by atoms with Crippen LogP contribution in [0.1, 0.15) is 19.4 Å². The molecule has 1 aliphatic carbocycles. The van der Waals surface area contributed by atoms with Crippen LogP contribution in [0.2, 0.25) is 0 Å². The van der Waals surface area contributed by atoms with Gasteiger partial charge in [-0.15, -0.1) is 0 Å². The normalized spacial score (nSPS) is 25.6. The molecular weight excluding hydrogens is 238 g/mol. The summed E-state index contributed by atoms with van der Waals surface area (Å²) in [6, 6.07) is 9.64. The molecule has 0 saturated heterocycles. The third kappa shape index (κ3) is 3.08. The Morgan fingerprint density at radius 2 is 2.11 bits per heavy atom. The molecule has 1 aromatic rings. The summed E-state index contributed by atoms with van der Waals surface area (Å²) in [4.78, 5) is 14.5. The quantitative estimate of drug-likeness (QED) is 0.612. The van der Waals surface area contributed by atoms with E-state index in [0.717, 1.165) is 11.1 Å². The van der Waals surface area contributed by atoms with Gasteiger partial charge in [0.15, 0.2) is 0 Å². The average Bonchev–Trinajstić information content (AvgIpc) is 2.42. The molecule has 0 bridgehead atoms. The number of allylic oxidation sites excluding steroid dienone is 2. The molecule has 2 rings (SSSR count). The van der Waals surface area contributed by atoms with Gasteiger partial charge in [0.05, 0.1) is 6.61 Å². The maximum Gasteiger partial charge on any atom is 0.235 e. The first-order valence-electron chi connectivity index (χ1n) is 6.26. The second-order valence-electron chi connectivity index (χ2n) is 4.85. The lowest BCUT2D eigenvalue weighted by atomic mass is 9.86. The number of isocyanates is 1. The van der Waals surface area contributed by atoms with Crippen LogP contribution in [0.25, 0.3) is 0 Å². The maximum atomic E-state index is 10.6. The van der Waals surface area contributed by atoms with Gasteiger partial charge in [-0.25, -0.2) is 4.79 Å². The van der Waals surface area contributed by atoms with Crippen molar-refractivity contribution in [1.82, 2.24) is 0 Å². The van der Waals surface area contributed by atoms with Crippen LogP contribution >= 0.6 is 0 Å². The van der Waals surface area contributed by atoms with Crippen molar-refractivity contribution < 1.29 is 9.53 Å². The van der Waals surface area contributed by atoms with Crippen LogP contribution in [0.15, 0.2) is 59.1 Å². The van der Waals surface area contributed by atoms with E-state index < -0.39 is 5.60 Å². The Morgan fingerprint density at radius 1 is 1.37 bits per heavy atom. The lowest BCUT2D eigenvalue weighted by Gasteiger charge is -2.34. The Kier molecular flexibility index (Phi) is 4.10. The zero-order valence-electron chi connectivity index (χ0n) is 11.2. The summed E-state index contributed by atoms with van der Waals surface area (Å²) in [6.45, 7) is 4.37. The van der Waals surface area contributed by atoms with Crippen molar-refractivity contribution in [2.45, 2.75) is 32.1 Å². The minimum absolute atomic E-state index is 0.307. The number of nitrogens with zero attached hydrogens (tertiary/aromatic N) is 1. The van der Waals surface area contributed by atoms with Gasteiger partial charge in [-0.3, -0.25) is 0 Å². The average molecular weight is 255 g/mol. The van der Waals surface area contributed by atoms with Crippen LogP contribution < -0.4 is 0 Å². The standard InChI is InChI=1S/C16H17NO2/c1-13-7-6-10-16(2,15(13)17-12-18)19-11-14-8-4-3-5-9-14/h3-10,15H,11H2,1-2H3. The predicted octanol–water partition coefficient (Wildman–Crippen LogP) is 3.18. The smallest absolute Gasteiger partial charge is 0.235 e. The van der Waals surface area contributed by atoms with Gasteiger partial charge in [0.25, 0.3) is 0 Å². The molecule has 98 valence electrons. The van der Waals surface area contributed by atoms with Crippen molar-refractivity contribution in [2.24, 2.45) is 4.99 Å². The van der Waals surface area contributed by atoms with Crippen LogP contribution in [-0.2, 0) is 16.1 Å². The molecule has 2 atom stereocenters. The monoisotopic (exact) mass is 255 g/mol. The van der Waals surface area contributed by atoms with E-state index in [1.54, 1.807) is 6.08 Å². The van der Waals surface area contributed by atoms with Crippen molar-refractivity contribution >= 4 is 6.08 Å². The summed E-state index contributed by atoms with van der Waals surface area (Å²) in [5.74, 6) is 0. The summed E-state index contributed by atoms with van der Waals surface area (Å²) in [5, 5.41) is 0. The first kappa shape index (κ1) is 13.5. The molecule has 0 fully saturated rings. The van der Waals surface area contributed by atoms with Crippen LogP contribution in [0.4, 0.5) is 0 Å². The van der Waals surface area contributed by atoms with Gasteiger partial charge in [-0.2, -0.15) is 4.99 Å². The van der Waals surface area contributed by atoms with E-state index in [1.165, 1.54) is 0 Å². The Hall–Kier alpha value is -1.96. The molecule has 0 spiro atoms. The van der Waals surface area contributed by atoms with Crippen molar-refractivity contribution in [3.05, 3.63) is 59.7 Å². The molecule has 1 aliphatic rings. The number of rotatable bonds is 4. The molecule has 0 saturated carbocycles. The Labute approximate surface area is 113 Å². The molecule has 0 amide bonds. The molecule has 0 N–H and O–H groups in total. The number of hydrogen-bond acceptors (Lipinski definition) is 3. The molecular formula is C16H17NO2. The number of carbonyl (C=O) groups excluding carboxylic acids is 1. The lowest BCUT2D eigenvalue weighted by Crippen LogP contribution is -2.41. The van der Waals surface area contributed by atoms with Crippen molar-refractivity contribution in [3.8, 4) is 0 Å². The van der Waals surface area contributed by atoms with Crippen LogP contribution in [0.5, 0.6) is 0 Å². The van der Waals surface area contributed by atoms with Gasteiger partial charge in [0.2, 0.25) is 6.08 Å². The van der Waals surface area contributed by atoms with Crippen molar-refractivity contribution in [1.29, 1.82) is 0 Å². The van der Waals surface area contributed by atoms with Gasteiger partial charge in [-0.1, -0.05) is 48.6 Å². The maximum absolute atomic E-state index is 10.6. The zero-order chi connectivity index (χ0) is 13.7. The summed E-state index contributed by atoms with van der Waals surface area (Å²) in [6.07, 6.45) is 7.47. The van der Waals surface area contributed by atoms with E-state index in [0.29, 0.717) is 6.61 Å². The lowest BCUT2D eigenvalue weighted by molar-refractivity contribution is -0.0175. The van der Waals surface area contributed by atoms with E-state index in [1.807, 2.05) is 62.4 Å². The van der Waals surface area contributed by atoms with Crippen molar-refractivity contribution in [3.63, 3.8) is 0 Å². The third-order valence-electron chi connectivity index (χ3n) is 3.33. The Bertz CT molecular complexity index is 541. The minimum atomic E-state index is -0.605. The minimum Gasteiger partial charge on any atom is -0.364 e. The van der Waals surface area contributed by atoms with Gasteiger partial charge in [0.1, 0.15) is 11.6 Å². The third-order valence-corrected chi connectivity index (χ3v) is 3.33. The van der Waals surface area contributed by atoms with E-state index in [9.17, 15) is 4.79 Å². The fourth-order valence-electron chi connectivity index (χ4n) is 2.25. The van der Waals surface area contributed by atoms with Gasteiger partial charge < -0.3 is 4.74 Å². The van der Waals surface area contributed by atoms with Crippen LogP contribution in [0.3, 0.4) is 0 Å². The molecule has 3 nitrogen and oxygen atoms in total. The van der Waals surface area contributed by atoms with Crippen LogP contribution in [0, 0.1) is 0 Å². The molecule has 19 heavy (non-hydrogen) atoms. The second-order valence-corrected chi connectivity index (χ2v) is 4.85. The topological polar surface area (TPSA) is 38.7 Å². The number of benzene rings is 1. The van der Waals surface area contributed by atoms with Crippen molar-refractivity contribution in [2.75, 3.05) is 0 Å². The summed E-state index contributed by atoms with van der Waals surface area (Å²) in [5.41, 5.74) is 1.49. The number of aliphatic imine (C=N–C) groups is 1. The largest absolute Gasteiger partial charge is 0.364 e. The van der Waals surface area contributed by atoms with E-state index in [4.69, 9.17) is 4.74 Å². The molecule has 1 aromatic carbocycles. The predicted molar refractivity (Wildman–Crippen MR) is 74.4 cm³/mol. The zero-order valence-corrected chi connectivity index (χ0v) is 11.2. The Morgan fingerprint density at radius 3 is 2.79 bits per heavy atom. The highest BCUT2D eigenvalue weighted by Gasteiger charge is 2.35. The van der Waals surface area contributed by atoms with E-state index >= 15 is 0 Å². The highest BCUT2D eigenvalue weighted by atomic mass is 16.5. The molecule has 2 unspecified atom stereocenters. The SMILES string of the molecule is CC1=CC=CC(C)(OCc2ccccc2)C1N=C=O. The summed E-state index contributed by atoms with van der Waals surface area (Å²) < 4.78 is 5.99. The number of hydrogen-bond donors (Lipinski definition) is 0. The molecule has 0 aliphatic heterocycles. The van der Waals surface area contributed by atoms with Gasteiger partial charge in [-0.05, 0) is 25.0 Å². The first-order chi connectivity index (χ1) is 9.15. The second kappa shape index (κ2) is 5.79. The molecule has 3 heteroatoms. The number of ether oxygens (including phenoxy) is 1. The van der Waals surface area contributed by atoms with E-state index in [-0.39, 0.29) is 6.04 Å². The fraction of sp³-hybridized carbons (Fsp3) is 0.312. The molecule has 0 heterocycles. The van der Waals surface area contributed by atoms with Gasteiger partial charge >= 0.3 is 0 Å². The summed E-state index contributed by atoms with van der Waals surface area (Å²) in [7, 11) is 0. The van der Waals surface area contributed by atoms with E-state index in [2.05, 4.69) is 4.99 Å². The molecule has 0 radical (unpaired) electrons. The van der Waals surface area contributed by atoms with Gasteiger partial charge in [0, 0.05) is 0 Å². The van der Waals surface area contributed by atoms with Crippen LogP contribution in [-0.4, -0.2) is 17.7 Å². The fourth-order valence-corrected chi connectivity index (χ4v) is 2.25.